The first-order chi connectivity index (χ1) is 16.8. The van der Waals surface area contributed by atoms with Crippen LogP contribution in [0, 0.1) is 12.8 Å². The highest BCUT2D eigenvalue weighted by atomic mass is 35.5. The lowest BCUT2D eigenvalue weighted by Crippen LogP contribution is -2.73. The topological polar surface area (TPSA) is 70.5 Å². The van der Waals surface area contributed by atoms with Gasteiger partial charge in [-0.15, -0.1) is 24.8 Å². The smallest absolute Gasteiger partial charge is 0.246 e. The molecule has 0 saturated carbocycles. The van der Waals surface area contributed by atoms with E-state index in [1.807, 2.05) is 42.2 Å². The number of rotatable bonds is 8. The number of aryl methyl sites for hydroxylation is 1. The molecule has 206 valence electrons. The lowest BCUT2D eigenvalue weighted by atomic mass is 9.80. The number of carbonyl (C=O) groups is 2. The summed E-state index contributed by atoms with van der Waals surface area (Å²) in [5.41, 5.74) is 2.11. The summed E-state index contributed by atoms with van der Waals surface area (Å²) in [6.07, 6.45) is 3.84. The quantitative estimate of drug-likeness (QED) is 0.473. The Morgan fingerprint density at radius 1 is 1.14 bits per heavy atom. The second kappa shape index (κ2) is 13.3. The number of likely N-dealkylation sites (tertiary alicyclic amines) is 1. The van der Waals surface area contributed by atoms with Gasteiger partial charge in [0.1, 0.15) is 16.7 Å². The number of hydrogen-bond acceptors (Lipinski definition) is 4. The van der Waals surface area contributed by atoms with Crippen molar-refractivity contribution in [2.75, 3.05) is 19.6 Å². The lowest BCUT2D eigenvalue weighted by Gasteiger charge is -2.52. The summed E-state index contributed by atoms with van der Waals surface area (Å²) < 4.78 is 1.78. The Morgan fingerprint density at radius 2 is 1.78 bits per heavy atom. The van der Waals surface area contributed by atoms with Gasteiger partial charge in [-0.25, -0.2) is 4.68 Å². The number of amides is 2. The Labute approximate surface area is 238 Å². The van der Waals surface area contributed by atoms with Crippen molar-refractivity contribution in [2.45, 2.75) is 77.9 Å². The van der Waals surface area contributed by atoms with Crippen LogP contribution in [0.15, 0.2) is 30.3 Å². The Balaban J connectivity index is 0.00000241. The van der Waals surface area contributed by atoms with Crippen LogP contribution in [0.3, 0.4) is 0 Å². The third-order valence-electron chi connectivity index (χ3n) is 7.44. The largest absolute Gasteiger partial charge is 0.342 e. The first kappa shape index (κ1) is 31.4. The van der Waals surface area contributed by atoms with Gasteiger partial charge in [0.25, 0.3) is 0 Å². The Bertz CT molecular complexity index is 1050. The fourth-order valence-electron chi connectivity index (χ4n) is 5.40. The van der Waals surface area contributed by atoms with E-state index in [4.69, 9.17) is 11.6 Å². The maximum absolute atomic E-state index is 13.5. The molecule has 2 amide bonds. The van der Waals surface area contributed by atoms with Gasteiger partial charge >= 0.3 is 0 Å². The number of nitrogens with one attached hydrogen (secondary N) is 1. The highest BCUT2D eigenvalue weighted by Gasteiger charge is 2.53. The first-order valence-corrected chi connectivity index (χ1v) is 13.3. The molecule has 1 spiro atoms. The van der Waals surface area contributed by atoms with Crippen LogP contribution in [0.5, 0.6) is 0 Å². The molecule has 0 aliphatic carbocycles. The van der Waals surface area contributed by atoms with Crippen molar-refractivity contribution >= 4 is 48.2 Å². The predicted molar refractivity (Wildman–Crippen MR) is 153 cm³/mol. The van der Waals surface area contributed by atoms with E-state index in [0.29, 0.717) is 43.4 Å². The minimum atomic E-state index is -0.747. The van der Waals surface area contributed by atoms with Crippen molar-refractivity contribution in [3.8, 4) is 5.69 Å². The van der Waals surface area contributed by atoms with Crippen LogP contribution < -0.4 is 5.32 Å². The van der Waals surface area contributed by atoms with Gasteiger partial charge in [0.05, 0.1) is 11.4 Å². The van der Waals surface area contributed by atoms with Gasteiger partial charge in [-0.1, -0.05) is 57.0 Å². The summed E-state index contributed by atoms with van der Waals surface area (Å²) in [7, 11) is 0. The van der Waals surface area contributed by atoms with E-state index >= 15 is 0 Å². The summed E-state index contributed by atoms with van der Waals surface area (Å²) in [5.74, 6) is 0.450. The second-order valence-corrected chi connectivity index (χ2v) is 10.8. The molecule has 1 aromatic carbocycles. The van der Waals surface area contributed by atoms with Crippen molar-refractivity contribution < 1.29 is 9.59 Å². The third kappa shape index (κ3) is 6.44. The van der Waals surface area contributed by atoms with Crippen molar-refractivity contribution in [1.82, 2.24) is 24.9 Å². The minimum absolute atomic E-state index is 0. The van der Waals surface area contributed by atoms with Crippen LogP contribution in [-0.4, -0.2) is 62.6 Å². The molecule has 2 aromatic rings. The number of halogens is 3. The molecule has 0 bridgehead atoms. The molecule has 0 unspecified atom stereocenters. The minimum Gasteiger partial charge on any atom is -0.342 e. The first-order valence-electron chi connectivity index (χ1n) is 12.9. The van der Waals surface area contributed by atoms with Crippen LogP contribution in [0.2, 0.25) is 5.15 Å². The van der Waals surface area contributed by atoms with Crippen molar-refractivity contribution in [1.29, 1.82) is 0 Å². The average Bonchev–Trinajstić information content (AvgIpc) is 3.12. The lowest BCUT2D eigenvalue weighted by molar-refractivity contribution is -0.161. The van der Waals surface area contributed by atoms with E-state index in [9.17, 15) is 9.59 Å². The summed E-state index contributed by atoms with van der Waals surface area (Å²) in [4.78, 5) is 31.2. The van der Waals surface area contributed by atoms with E-state index < -0.39 is 11.6 Å². The molecule has 10 heteroatoms. The maximum atomic E-state index is 13.5. The van der Waals surface area contributed by atoms with Crippen molar-refractivity contribution in [3.63, 3.8) is 0 Å². The van der Waals surface area contributed by atoms with E-state index in [0.717, 1.165) is 42.9 Å². The molecule has 37 heavy (non-hydrogen) atoms. The number of piperidine rings is 1. The number of nitrogens with zero attached hydrogens (tertiary/aromatic N) is 4. The molecule has 2 fully saturated rings. The van der Waals surface area contributed by atoms with Crippen LogP contribution in [0.4, 0.5) is 0 Å². The number of unbranched alkanes of at least 4 members (excludes halogenated alkanes) is 1. The van der Waals surface area contributed by atoms with Gasteiger partial charge in [0, 0.05) is 31.7 Å². The molecule has 2 aliphatic rings. The standard InChI is InChI=1S/C27H38ClN5O2.2ClH/c1-5-6-14-32-25(34)23(17-19(2)3)29-26(35)27(32)12-15-31(16-13-27)18-22-20(4)30-33(24(22)28)21-10-8-7-9-11-21;;/h7-11,19,23H,5-6,12-18H2,1-4H3,(H,29,35);2*1H/t23-;;/m0../s1. The molecule has 3 heterocycles. The fraction of sp³-hybridized carbons (Fsp3) is 0.593. The summed E-state index contributed by atoms with van der Waals surface area (Å²) >= 11 is 6.76. The molecule has 1 N–H and O–H groups in total. The molecule has 1 atom stereocenters. The Morgan fingerprint density at radius 3 is 2.38 bits per heavy atom. The highest BCUT2D eigenvalue weighted by Crippen LogP contribution is 2.35. The maximum Gasteiger partial charge on any atom is 0.246 e. The summed E-state index contributed by atoms with van der Waals surface area (Å²) in [6, 6.07) is 9.48. The van der Waals surface area contributed by atoms with Crippen LogP contribution >= 0.6 is 36.4 Å². The van der Waals surface area contributed by atoms with E-state index in [1.54, 1.807) is 4.68 Å². The Hall–Kier alpha value is -1.80. The molecule has 2 aliphatic heterocycles. The number of carbonyl (C=O) groups excluding carboxylic acids is 2. The van der Waals surface area contributed by atoms with Crippen LogP contribution in [0.25, 0.3) is 5.69 Å². The monoisotopic (exact) mass is 571 g/mol. The van der Waals surface area contributed by atoms with Crippen LogP contribution in [0.1, 0.15) is 64.1 Å². The van der Waals surface area contributed by atoms with Gasteiger partial charge in [-0.2, -0.15) is 5.10 Å². The van der Waals surface area contributed by atoms with Gasteiger partial charge in [0.15, 0.2) is 0 Å². The summed E-state index contributed by atoms with van der Waals surface area (Å²) in [6.45, 7) is 11.1. The zero-order valence-corrected chi connectivity index (χ0v) is 24.6. The number of para-hydroxylation sites is 1. The molecule has 0 radical (unpaired) electrons. The zero-order valence-electron chi connectivity index (χ0n) is 22.2. The van der Waals surface area contributed by atoms with Gasteiger partial charge in [-0.05, 0) is 50.7 Å². The average molecular weight is 573 g/mol. The summed E-state index contributed by atoms with van der Waals surface area (Å²) in [5, 5.41) is 8.38. The van der Waals surface area contributed by atoms with Crippen LogP contribution in [-0.2, 0) is 16.1 Å². The molecule has 1 aromatic heterocycles. The van der Waals surface area contributed by atoms with Crippen molar-refractivity contribution in [3.05, 3.63) is 46.7 Å². The number of aromatic nitrogens is 2. The molecule has 2 saturated heterocycles. The number of piperazine rings is 1. The van der Waals surface area contributed by atoms with Gasteiger partial charge < -0.3 is 10.2 Å². The normalized spacial score (nSPS) is 19.5. The van der Waals surface area contributed by atoms with E-state index in [2.05, 4.69) is 36.1 Å². The second-order valence-electron chi connectivity index (χ2n) is 10.4. The van der Waals surface area contributed by atoms with Gasteiger partial charge in [0.2, 0.25) is 11.8 Å². The fourth-order valence-corrected chi connectivity index (χ4v) is 5.73. The molecular formula is C27H40Cl3N5O2. The molecule has 7 nitrogen and oxygen atoms in total. The van der Waals surface area contributed by atoms with Gasteiger partial charge in [-0.3, -0.25) is 14.5 Å². The highest BCUT2D eigenvalue weighted by molar-refractivity contribution is 6.30. The molecule has 4 rings (SSSR count). The number of hydrogen-bond donors (Lipinski definition) is 1. The number of benzene rings is 1. The van der Waals surface area contributed by atoms with E-state index in [-0.39, 0.29) is 36.6 Å². The molecular weight excluding hydrogens is 533 g/mol. The SMILES string of the molecule is CCCCN1C(=O)[C@H](CC(C)C)NC(=O)C12CCN(Cc1c(C)nn(-c3ccccc3)c1Cl)CC2.Cl.Cl. The predicted octanol–water partition coefficient (Wildman–Crippen LogP) is 5.19. The third-order valence-corrected chi connectivity index (χ3v) is 7.83. The van der Waals surface area contributed by atoms with E-state index in [1.165, 1.54) is 0 Å². The zero-order chi connectivity index (χ0) is 25.2. The van der Waals surface area contributed by atoms with Crippen molar-refractivity contribution in [2.24, 2.45) is 5.92 Å². The Kier molecular flexibility index (Phi) is 11.3.